The fourth-order valence-corrected chi connectivity index (χ4v) is 2.03. The summed E-state index contributed by atoms with van der Waals surface area (Å²) in [5.41, 5.74) is 0.787. The third-order valence-electron chi connectivity index (χ3n) is 2.09. The second-order valence-corrected chi connectivity index (χ2v) is 3.95. The van der Waals surface area contributed by atoms with Crippen molar-refractivity contribution in [2.75, 3.05) is 13.7 Å². The first-order chi connectivity index (χ1) is 6.61. The molecule has 14 heavy (non-hydrogen) atoms. The van der Waals surface area contributed by atoms with E-state index in [1.807, 2.05) is 6.92 Å². The Balaban J connectivity index is 3.29. The number of rotatable bonds is 3. The van der Waals surface area contributed by atoms with E-state index in [4.69, 9.17) is 9.84 Å². The molecule has 0 aliphatic heterocycles. The van der Waals surface area contributed by atoms with E-state index >= 15 is 0 Å². The summed E-state index contributed by atoms with van der Waals surface area (Å²) in [4.78, 5) is 0. The van der Waals surface area contributed by atoms with Crippen LogP contribution in [0.1, 0.15) is 18.4 Å². The van der Waals surface area contributed by atoms with Crippen molar-refractivity contribution < 1.29 is 14.9 Å². The topological polar surface area (TPSA) is 49.7 Å². The molecule has 0 radical (unpaired) electrons. The number of phenols is 1. The van der Waals surface area contributed by atoms with Crippen molar-refractivity contribution in [3.8, 4) is 11.5 Å². The number of benzene rings is 1. The van der Waals surface area contributed by atoms with E-state index in [-0.39, 0.29) is 18.3 Å². The Bertz CT molecular complexity index is 325. The van der Waals surface area contributed by atoms with E-state index in [2.05, 4.69) is 15.9 Å². The molecule has 0 fully saturated rings. The van der Waals surface area contributed by atoms with Crippen LogP contribution in [0.15, 0.2) is 16.6 Å². The number of hydrogen-bond acceptors (Lipinski definition) is 3. The summed E-state index contributed by atoms with van der Waals surface area (Å²) in [5.74, 6) is 0.429. The molecule has 0 spiro atoms. The van der Waals surface area contributed by atoms with Gasteiger partial charge in [-0.1, -0.05) is 22.9 Å². The van der Waals surface area contributed by atoms with Gasteiger partial charge in [0.25, 0.3) is 0 Å². The fourth-order valence-electron chi connectivity index (χ4n) is 1.33. The molecule has 1 unspecified atom stereocenters. The normalized spacial score (nSPS) is 12.6. The van der Waals surface area contributed by atoms with Crippen LogP contribution in [0.5, 0.6) is 11.5 Å². The highest BCUT2D eigenvalue weighted by Crippen LogP contribution is 2.39. The van der Waals surface area contributed by atoms with Gasteiger partial charge in [0, 0.05) is 22.6 Å². The lowest BCUT2D eigenvalue weighted by Crippen LogP contribution is -2.03. The lowest BCUT2D eigenvalue weighted by atomic mass is 10.0. The van der Waals surface area contributed by atoms with Gasteiger partial charge in [0.05, 0.1) is 7.11 Å². The molecule has 0 aliphatic carbocycles. The molecule has 0 aromatic heterocycles. The van der Waals surface area contributed by atoms with Crippen molar-refractivity contribution >= 4 is 15.9 Å². The largest absolute Gasteiger partial charge is 0.504 e. The maximum absolute atomic E-state index is 9.53. The van der Waals surface area contributed by atoms with Crippen LogP contribution < -0.4 is 4.74 Å². The molecule has 1 rings (SSSR count). The van der Waals surface area contributed by atoms with Crippen molar-refractivity contribution in [3.05, 3.63) is 22.2 Å². The van der Waals surface area contributed by atoms with Crippen LogP contribution in [-0.2, 0) is 0 Å². The summed E-state index contributed by atoms with van der Waals surface area (Å²) < 4.78 is 5.92. The minimum Gasteiger partial charge on any atom is -0.504 e. The van der Waals surface area contributed by atoms with Gasteiger partial charge in [-0.2, -0.15) is 0 Å². The van der Waals surface area contributed by atoms with E-state index in [9.17, 15) is 5.11 Å². The Morgan fingerprint density at radius 3 is 2.64 bits per heavy atom. The van der Waals surface area contributed by atoms with E-state index in [1.165, 1.54) is 7.11 Å². The Morgan fingerprint density at radius 1 is 1.50 bits per heavy atom. The average molecular weight is 261 g/mol. The summed E-state index contributed by atoms with van der Waals surface area (Å²) in [5, 5.41) is 18.6. The molecular weight excluding hydrogens is 248 g/mol. The summed E-state index contributed by atoms with van der Waals surface area (Å²) in [6.45, 7) is 1.88. The number of methoxy groups -OCH3 is 1. The molecule has 3 nitrogen and oxygen atoms in total. The zero-order chi connectivity index (χ0) is 10.7. The van der Waals surface area contributed by atoms with Crippen molar-refractivity contribution in [1.29, 1.82) is 0 Å². The van der Waals surface area contributed by atoms with Crippen molar-refractivity contribution in [2.45, 2.75) is 12.8 Å². The van der Waals surface area contributed by atoms with Gasteiger partial charge in [-0.25, -0.2) is 0 Å². The monoisotopic (exact) mass is 260 g/mol. The van der Waals surface area contributed by atoms with E-state index in [0.29, 0.717) is 5.75 Å². The Morgan fingerprint density at radius 2 is 2.14 bits per heavy atom. The van der Waals surface area contributed by atoms with E-state index in [1.54, 1.807) is 12.1 Å². The number of aromatic hydroxyl groups is 1. The standard InChI is InChI=1S/C10H13BrO3/c1-6(5-12)9-7(11)3-4-8(13)10(9)14-2/h3-4,6,12-13H,5H2,1-2H3. The molecule has 0 bridgehead atoms. The van der Waals surface area contributed by atoms with Gasteiger partial charge in [0.2, 0.25) is 0 Å². The maximum Gasteiger partial charge on any atom is 0.165 e. The molecule has 0 aliphatic rings. The molecule has 1 aromatic carbocycles. The Hall–Kier alpha value is -0.740. The van der Waals surface area contributed by atoms with Crippen LogP contribution in [0.4, 0.5) is 0 Å². The van der Waals surface area contributed by atoms with Gasteiger partial charge in [-0.05, 0) is 12.1 Å². The molecule has 0 heterocycles. The van der Waals surface area contributed by atoms with Crippen LogP contribution in [0.3, 0.4) is 0 Å². The van der Waals surface area contributed by atoms with Gasteiger partial charge in [-0.3, -0.25) is 0 Å². The third-order valence-corrected chi connectivity index (χ3v) is 2.78. The molecule has 2 N–H and O–H groups in total. The highest BCUT2D eigenvalue weighted by Gasteiger charge is 2.17. The first-order valence-corrected chi connectivity index (χ1v) is 5.07. The van der Waals surface area contributed by atoms with Gasteiger partial charge < -0.3 is 14.9 Å². The highest BCUT2D eigenvalue weighted by molar-refractivity contribution is 9.10. The lowest BCUT2D eigenvalue weighted by Gasteiger charge is -2.16. The number of aliphatic hydroxyl groups is 1. The lowest BCUT2D eigenvalue weighted by molar-refractivity contribution is 0.268. The molecular formula is C10H13BrO3. The maximum atomic E-state index is 9.53. The molecule has 1 atom stereocenters. The van der Waals surface area contributed by atoms with E-state index in [0.717, 1.165) is 10.0 Å². The van der Waals surface area contributed by atoms with Crippen molar-refractivity contribution in [3.63, 3.8) is 0 Å². The third kappa shape index (κ3) is 2.01. The van der Waals surface area contributed by atoms with Crippen LogP contribution in [0.25, 0.3) is 0 Å². The predicted octanol–water partition coefficient (Wildman–Crippen LogP) is 2.26. The number of phenolic OH excluding ortho intramolecular Hbond substituents is 1. The first-order valence-electron chi connectivity index (χ1n) is 4.28. The summed E-state index contributed by atoms with van der Waals surface area (Å²) in [6.07, 6.45) is 0. The molecule has 0 saturated carbocycles. The minimum absolute atomic E-state index is 0.0123. The molecule has 4 heteroatoms. The summed E-state index contributed by atoms with van der Waals surface area (Å²) in [7, 11) is 1.50. The van der Waals surface area contributed by atoms with Crippen molar-refractivity contribution in [1.82, 2.24) is 0 Å². The first kappa shape index (κ1) is 11.3. The number of aliphatic hydroxyl groups excluding tert-OH is 1. The summed E-state index contributed by atoms with van der Waals surface area (Å²) >= 11 is 3.36. The fraction of sp³-hybridized carbons (Fsp3) is 0.400. The minimum atomic E-state index is -0.0774. The van der Waals surface area contributed by atoms with Crippen LogP contribution in [0, 0.1) is 0 Å². The van der Waals surface area contributed by atoms with Crippen LogP contribution in [-0.4, -0.2) is 23.9 Å². The number of hydrogen-bond donors (Lipinski definition) is 2. The number of halogens is 1. The van der Waals surface area contributed by atoms with Gasteiger partial charge in [-0.15, -0.1) is 0 Å². The average Bonchev–Trinajstić information content (AvgIpc) is 2.19. The SMILES string of the molecule is COc1c(O)ccc(Br)c1C(C)CO. The zero-order valence-electron chi connectivity index (χ0n) is 8.12. The predicted molar refractivity (Wildman–Crippen MR) is 57.9 cm³/mol. The quantitative estimate of drug-likeness (QED) is 0.877. The van der Waals surface area contributed by atoms with Crippen molar-refractivity contribution in [2.24, 2.45) is 0 Å². The Labute approximate surface area is 91.5 Å². The molecule has 1 aromatic rings. The van der Waals surface area contributed by atoms with E-state index < -0.39 is 0 Å². The zero-order valence-corrected chi connectivity index (χ0v) is 9.71. The highest BCUT2D eigenvalue weighted by atomic mass is 79.9. The smallest absolute Gasteiger partial charge is 0.165 e. The van der Waals surface area contributed by atoms with Gasteiger partial charge in [0.1, 0.15) is 0 Å². The summed E-state index contributed by atoms with van der Waals surface area (Å²) in [6, 6.07) is 3.29. The van der Waals surface area contributed by atoms with Gasteiger partial charge in [0.15, 0.2) is 11.5 Å². The van der Waals surface area contributed by atoms with Crippen LogP contribution in [0.2, 0.25) is 0 Å². The second-order valence-electron chi connectivity index (χ2n) is 3.10. The molecule has 78 valence electrons. The second kappa shape index (κ2) is 4.66. The Kier molecular flexibility index (Phi) is 3.77. The van der Waals surface area contributed by atoms with Crippen LogP contribution >= 0.6 is 15.9 Å². The molecule has 0 saturated heterocycles. The number of ether oxygens (including phenoxy) is 1. The molecule has 0 amide bonds. The van der Waals surface area contributed by atoms with Gasteiger partial charge >= 0.3 is 0 Å².